The van der Waals surface area contributed by atoms with Crippen molar-refractivity contribution in [2.75, 3.05) is 0 Å². The van der Waals surface area contributed by atoms with Gasteiger partial charge in [0.25, 0.3) is 5.89 Å². The Labute approximate surface area is 141 Å². The van der Waals surface area contributed by atoms with Crippen LogP contribution in [0.4, 0.5) is 0 Å². The minimum absolute atomic E-state index is 0.0838. The molecule has 0 N–H and O–H groups in total. The summed E-state index contributed by atoms with van der Waals surface area (Å²) in [5.41, 5.74) is 1.15. The average molecular weight is 349 g/mol. The molecule has 0 spiro atoms. The Hall–Kier alpha value is -2.37. The van der Waals surface area contributed by atoms with E-state index in [1.807, 2.05) is 0 Å². The molecule has 23 heavy (non-hydrogen) atoms. The van der Waals surface area contributed by atoms with Gasteiger partial charge in [-0.3, -0.25) is 4.79 Å². The van der Waals surface area contributed by atoms with Gasteiger partial charge in [-0.25, -0.2) is 0 Å². The largest absolute Gasteiger partial charge is 0.484 e. The second-order valence-electron chi connectivity index (χ2n) is 4.61. The Morgan fingerprint density at radius 3 is 2.83 bits per heavy atom. The molecule has 3 aromatic rings. The van der Waals surface area contributed by atoms with E-state index >= 15 is 0 Å². The number of hydrogen-bond acceptors (Lipinski definition) is 5. The number of halogens is 2. The van der Waals surface area contributed by atoms with Crippen LogP contribution in [0.1, 0.15) is 16.2 Å². The zero-order chi connectivity index (χ0) is 16.2. The van der Waals surface area contributed by atoms with Crippen molar-refractivity contribution in [1.29, 1.82) is 0 Å². The number of hydrogen-bond donors (Lipinski definition) is 0. The third kappa shape index (κ3) is 3.70. The fraction of sp³-hybridized carbons (Fsp3) is 0.0625. The Kier molecular flexibility index (Phi) is 4.60. The molecule has 0 unspecified atom stereocenters. The number of ether oxygens (including phenoxy) is 1. The highest BCUT2D eigenvalue weighted by Crippen LogP contribution is 2.28. The Morgan fingerprint density at radius 2 is 2.04 bits per heavy atom. The van der Waals surface area contributed by atoms with Crippen molar-refractivity contribution in [1.82, 2.24) is 10.1 Å². The number of benzene rings is 2. The van der Waals surface area contributed by atoms with Crippen molar-refractivity contribution in [3.8, 4) is 17.1 Å². The lowest BCUT2D eigenvalue weighted by Crippen LogP contribution is -1.96. The molecule has 0 aliphatic heterocycles. The van der Waals surface area contributed by atoms with E-state index in [9.17, 15) is 4.79 Å². The molecular formula is C16H10Cl2N2O3. The number of carbonyl (C=O) groups is 1. The van der Waals surface area contributed by atoms with E-state index in [-0.39, 0.29) is 6.61 Å². The summed E-state index contributed by atoms with van der Waals surface area (Å²) in [6.07, 6.45) is 0.750. The maximum atomic E-state index is 10.7. The third-order valence-corrected chi connectivity index (χ3v) is 3.54. The number of carbonyl (C=O) groups excluding carboxylic acids is 1. The van der Waals surface area contributed by atoms with Crippen LogP contribution in [0.2, 0.25) is 10.0 Å². The standard InChI is InChI=1S/C16H10Cl2N2O3/c17-11-4-5-13(14(18)7-11)16-19-15(23-20-16)9-22-12-3-1-2-10(6-12)8-21/h1-8H,9H2. The fourth-order valence-electron chi connectivity index (χ4n) is 1.92. The molecule has 0 saturated carbocycles. The van der Waals surface area contributed by atoms with E-state index in [1.54, 1.807) is 42.5 Å². The van der Waals surface area contributed by atoms with Gasteiger partial charge in [0.15, 0.2) is 6.61 Å². The van der Waals surface area contributed by atoms with Gasteiger partial charge in [0.05, 0.1) is 5.02 Å². The van der Waals surface area contributed by atoms with Crippen molar-refractivity contribution >= 4 is 29.5 Å². The fourth-order valence-corrected chi connectivity index (χ4v) is 2.41. The molecule has 0 saturated heterocycles. The van der Waals surface area contributed by atoms with Crippen LogP contribution in [0.3, 0.4) is 0 Å². The van der Waals surface area contributed by atoms with Gasteiger partial charge in [-0.1, -0.05) is 40.5 Å². The smallest absolute Gasteiger partial charge is 0.264 e. The summed E-state index contributed by atoms with van der Waals surface area (Å²) in [4.78, 5) is 15.0. The Bertz CT molecular complexity index is 849. The SMILES string of the molecule is O=Cc1cccc(OCc2nc(-c3ccc(Cl)cc3Cl)no2)c1. The first-order valence-electron chi connectivity index (χ1n) is 6.62. The summed E-state index contributed by atoms with van der Waals surface area (Å²) in [5, 5.41) is 4.84. The lowest BCUT2D eigenvalue weighted by molar-refractivity contribution is 0.112. The first-order valence-corrected chi connectivity index (χ1v) is 7.37. The van der Waals surface area contributed by atoms with Crippen LogP contribution in [-0.2, 0) is 6.61 Å². The molecule has 7 heteroatoms. The molecule has 3 rings (SSSR count). The monoisotopic (exact) mass is 348 g/mol. The first-order chi connectivity index (χ1) is 11.2. The number of aromatic nitrogens is 2. The van der Waals surface area contributed by atoms with Crippen molar-refractivity contribution in [3.05, 3.63) is 64.0 Å². The zero-order valence-corrected chi connectivity index (χ0v) is 13.2. The molecule has 0 amide bonds. The van der Waals surface area contributed by atoms with Gasteiger partial charge in [0.1, 0.15) is 12.0 Å². The predicted molar refractivity (Wildman–Crippen MR) is 85.9 cm³/mol. The topological polar surface area (TPSA) is 65.2 Å². The second kappa shape index (κ2) is 6.81. The molecule has 116 valence electrons. The molecule has 0 bridgehead atoms. The average Bonchev–Trinajstić information content (AvgIpc) is 3.02. The first kappa shape index (κ1) is 15.5. The van der Waals surface area contributed by atoms with Gasteiger partial charge in [0, 0.05) is 16.1 Å². The number of aldehydes is 1. The third-order valence-electron chi connectivity index (χ3n) is 3.00. The van der Waals surface area contributed by atoms with Gasteiger partial charge < -0.3 is 9.26 Å². The van der Waals surface area contributed by atoms with Crippen LogP contribution in [0.5, 0.6) is 5.75 Å². The number of nitrogens with zero attached hydrogens (tertiary/aromatic N) is 2. The Balaban J connectivity index is 1.73. The number of rotatable bonds is 5. The van der Waals surface area contributed by atoms with E-state index in [2.05, 4.69) is 10.1 Å². The summed E-state index contributed by atoms with van der Waals surface area (Å²) in [6.45, 7) is 0.0838. The highest BCUT2D eigenvalue weighted by molar-refractivity contribution is 6.36. The molecule has 0 fully saturated rings. The zero-order valence-electron chi connectivity index (χ0n) is 11.7. The highest BCUT2D eigenvalue weighted by Gasteiger charge is 2.12. The van der Waals surface area contributed by atoms with Gasteiger partial charge in [-0.15, -0.1) is 0 Å². The van der Waals surface area contributed by atoms with Crippen LogP contribution in [0.25, 0.3) is 11.4 Å². The van der Waals surface area contributed by atoms with Crippen LogP contribution < -0.4 is 4.74 Å². The molecular weight excluding hydrogens is 339 g/mol. The van der Waals surface area contributed by atoms with Gasteiger partial charge >= 0.3 is 0 Å². The van der Waals surface area contributed by atoms with E-state index in [4.69, 9.17) is 32.5 Å². The van der Waals surface area contributed by atoms with E-state index < -0.39 is 0 Å². The normalized spacial score (nSPS) is 10.5. The van der Waals surface area contributed by atoms with Crippen LogP contribution in [-0.4, -0.2) is 16.4 Å². The lowest BCUT2D eigenvalue weighted by atomic mass is 10.2. The summed E-state index contributed by atoms with van der Waals surface area (Å²) >= 11 is 12.0. The maximum absolute atomic E-state index is 10.7. The van der Waals surface area contributed by atoms with Crippen LogP contribution in [0, 0.1) is 0 Å². The van der Waals surface area contributed by atoms with Crippen molar-refractivity contribution in [3.63, 3.8) is 0 Å². The molecule has 1 heterocycles. The van der Waals surface area contributed by atoms with Crippen LogP contribution in [0.15, 0.2) is 47.0 Å². The molecule has 0 aliphatic carbocycles. The maximum Gasteiger partial charge on any atom is 0.264 e. The van der Waals surface area contributed by atoms with E-state index in [0.29, 0.717) is 38.6 Å². The minimum Gasteiger partial charge on any atom is -0.484 e. The van der Waals surface area contributed by atoms with Gasteiger partial charge in [0.2, 0.25) is 5.82 Å². The quantitative estimate of drug-likeness (QED) is 0.638. The summed E-state index contributed by atoms with van der Waals surface area (Å²) in [5.74, 6) is 1.19. The molecule has 1 aromatic heterocycles. The van der Waals surface area contributed by atoms with Crippen molar-refractivity contribution < 1.29 is 14.1 Å². The molecule has 2 aromatic carbocycles. The van der Waals surface area contributed by atoms with E-state index in [0.717, 1.165) is 6.29 Å². The van der Waals surface area contributed by atoms with Gasteiger partial charge in [-0.2, -0.15) is 4.98 Å². The van der Waals surface area contributed by atoms with Gasteiger partial charge in [-0.05, 0) is 30.3 Å². The lowest BCUT2D eigenvalue weighted by Gasteiger charge is -2.02. The highest BCUT2D eigenvalue weighted by atomic mass is 35.5. The summed E-state index contributed by atoms with van der Waals surface area (Å²) in [7, 11) is 0. The molecule has 0 radical (unpaired) electrons. The molecule has 5 nitrogen and oxygen atoms in total. The molecule has 0 atom stereocenters. The second-order valence-corrected chi connectivity index (χ2v) is 5.46. The van der Waals surface area contributed by atoms with Crippen molar-refractivity contribution in [2.45, 2.75) is 6.61 Å². The Morgan fingerprint density at radius 1 is 1.17 bits per heavy atom. The predicted octanol–water partition coefficient (Wildman–Crippen LogP) is 4.43. The summed E-state index contributed by atoms with van der Waals surface area (Å²) < 4.78 is 10.7. The van der Waals surface area contributed by atoms with Crippen LogP contribution >= 0.6 is 23.2 Å². The van der Waals surface area contributed by atoms with Crippen molar-refractivity contribution in [2.24, 2.45) is 0 Å². The minimum atomic E-state index is 0.0838. The summed E-state index contributed by atoms with van der Waals surface area (Å²) in [6, 6.07) is 11.8. The molecule has 0 aliphatic rings. The van der Waals surface area contributed by atoms with E-state index in [1.165, 1.54) is 0 Å².